The van der Waals surface area contributed by atoms with Gasteiger partial charge in [0.1, 0.15) is 0 Å². The van der Waals surface area contributed by atoms with Crippen LogP contribution in [0.4, 0.5) is 17.1 Å². The van der Waals surface area contributed by atoms with Gasteiger partial charge in [-0.2, -0.15) is 0 Å². The van der Waals surface area contributed by atoms with Gasteiger partial charge in [-0.1, -0.05) is 218 Å². The normalized spacial score (nSPS) is 15.1. The van der Waals surface area contributed by atoms with Crippen LogP contribution in [0.3, 0.4) is 0 Å². The van der Waals surface area contributed by atoms with E-state index in [9.17, 15) is 0 Å². The Kier molecular flexibility index (Phi) is 8.91. The molecule has 10 aromatic carbocycles. The molecule has 0 aliphatic heterocycles. The van der Waals surface area contributed by atoms with E-state index in [-0.39, 0.29) is 5.41 Å². The quantitative estimate of drug-likeness (QED) is 0.148. The van der Waals surface area contributed by atoms with E-state index in [2.05, 4.69) is 267 Å². The number of hydrogen-bond donors (Lipinski definition) is 0. The number of benzene rings is 10. The summed E-state index contributed by atoms with van der Waals surface area (Å²) in [7, 11) is 0. The van der Waals surface area contributed by atoms with Crippen LogP contribution in [-0.4, -0.2) is 0 Å². The Morgan fingerprint density at radius 3 is 1.36 bits per heavy atom. The highest BCUT2D eigenvalue weighted by molar-refractivity contribution is 5.98. The second kappa shape index (κ2) is 15.1. The zero-order valence-corrected chi connectivity index (χ0v) is 35.7. The van der Waals surface area contributed by atoms with Gasteiger partial charge in [0, 0.05) is 22.4 Å². The molecule has 0 saturated heterocycles. The molecule has 0 fully saturated rings. The molecule has 302 valence electrons. The third-order valence-electron chi connectivity index (χ3n) is 14.0. The highest BCUT2D eigenvalue weighted by atomic mass is 15.1. The highest BCUT2D eigenvalue weighted by Gasteiger charge is 2.47. The Balaban J connectivity index is 1.17. The molecule has 0 aromatic heterocycles. The van der Waals surface area contributed by atoms with Gasteiger partial charge in [-0.3, -0.25) is 0 Å². The van der Waals surface area contributed by atoms with Crippen molar-refractivity contribution < 1.29 is 0 Å². The molecule has 0 heterocycles. The van der Waals surface area contributed by atoms with Crippen molar-refractivity contribution in [3.8, 4) is 44.5 Å². The molecular weight excluding hydrogens is 771 g/mol. The SMILES string of the molecule is CC1(c2ccccc2)c2ccccc2-c2c(N(c3cc(-c4ccccc4)cc(-c4ccccc4)c3)c3ccc4c(c3)-c3ccccc3C4(c3ccccc3)c3ccccc3)cccc21. The van der Waals surface area contributed by atoms with Crippen LogP contribution in [-0.2, 0) is 10.8 Å². The zero-order valence-electron chi connectivity index (χ0n) is 35.7. The molecule has 1 atom stereocenters. The Morgan fingerprint density at radius 2 is 0.766 bits per heavy atom. The third kappa shape index (κ3) is 5.71. The van der Waals surface area contributed by atoms with Gasteiger partial charge in [0.15, 0.2) is 0 Å². The maximum atomic E-state index is 2.54. The summed E-state index contributed by atoms with van der Waals surface area (Å²) in [6, 6.07) is 94.3. The zero-order chi connectivity index (χ0) is 42.7. The molecule has 0 amide bonds. The van der Waals surface area contributed by atoms with Crippen LogP contribution >= 0.6 is 0 Å². The van der Waals surface area contributed by atoms with E-state index in [1.165, 1.54) is 83.5 Å². The summed E-state index contributed by atoms with van der Waals surface area (Å²) in [4.78, 5) is 2.54. The standard InChI is InChI=1S/C63H45N/c1-62(48-26-11-4-12-27-48)56-34-19-18-33-54(56)61-59(62)36-21-37-60(61)64(52-41-46(44-22-7-2-8-23-44)40-47(42-52)45-24-9-3-10-25-45)51-38-39-58-55(43-51)53-32-17-20-35-57(53)63(58,49-28-13-5-14-29-49)50-30-15-6-16-31-50/h2-43H,1H3. The summed E-state index contributed by atoms with van der Waals surface area (Å²) in [6.07, 6.45) is 0. The first-order chi connectivity index (χ1) is 31.6. The summed E-state index contributed by atoms with van der Waals surface area (Å²) in [5, 5.41) is 0. The first-order valence-electron chi connectivity index (χ1n) is 22.3. The fourth-order valence-electron chi connectivity index (χ4n) is 11.1. The van der Waals surface area contributed by atoms with Crippen LogP contribution in [0.1, 0.15) is 45.9 Å². The molecule has 0 bridgehead atoms. The van der Waals surface area contributed by atoms with Crippen molar-refractivity contribution in [2.24, 2.45) is 0 Å². The minimum Gasteiger partial charge on any atom is -0.310 e. The second-order valence-corrected chi connectivity index (χ2v) is 17.3. The first-order valence-corrected chi connectivity index (χ1v) is 22.3. The molecular formula is C63H45N. The lowest BCUT2D eigenvalue weighted by molar-refractivity contribution is 0.714. The van der Waals surface area contributed by atoms with E-state index in [0.717, 1.165) is 17.1 Å². The van der Waals surface area contributed by atoms with Gasteiger partial charge in [-0.15, -0.1) is 0 Å². The Morgan fingerprint density at radius 1 is 0.297 bits per heavy atom. The van der Waals surface area contributed by atoms with E-state index in [1.54, 1.807) is 0 Å². The Bertz CT molecular complexity index is 3220. The Labute approximate surface area is 376 Å². The van der Waals surface area contributed by atoms with Gasteiger partial charge >= 0.3 is 0 Å². The van der Waals surface area contributed by atoms with E-state index in [4.69, 9.17) is 0 Å². The minimum absolute atomic E-state index is 0.349. The minimum atomic E-state index is -0.490. The molecule has 0 radical (unpaired) electrons. The molecule has 2 aliphatic carbocycles. The van der Waals surface area contributed by atoms with E-state index in [1.807, 2.05) is 0 Å². The molecule has 1 nitrogen and oxygen atoms in total. The van der Waals surface area contributed by atoms with Crippen LogP contribution in [0.2, 0.25) is 0 Å². The van der Waals surface area contributed by atoms with Crippen molar-refractivity contribution in [3.63, 3.8) is 0 Å². The Hall–Kier alpha value is -8.00. The lowest BCUT2D eigenvalue weighted by Crippen LogP contribution is -2.28. The van der Waals surface area contributed by atoms with Crippen LogP contribution in [0.25, 0.3) is 44.5 Å². The van der Waals surface area contributed by atoms with Crippen molar-refractivity contribution in [3.05, 3.63) is 294 Å². The largest absolute Gasteiger partial charge is 0.310 e. The number of fused-ring (bicyclic) bond motifs is 6. The van der Waals surface area contributed by atoms with Gasteiger partial charge in [0.2, 0.25) is 0 Å². The van der Waals surface area contributed by atoms with E-state index >= 15 is 0 Å². The van der Waals surface area contributed by atoms with Crippen LogP contribution < -0.4 is 4.90 Å². The fraction of sp³-hybridized carbons (Fsp3) is 0.0476. The summed E-state index contributed by atoms with van der Waals surface area (Å²) in [6.45, 7) is 2.41. The van der Waals surface area contributed by atoms with Crippen LogP contribution in [0.5, 0.6) is 0 Å². The van der Waals surface area contributed by atoms with Crippen LogP contribution in [0.15, 0.2) is 255 Å². The monoisotopic (exact) mass is 815 g/mol. The summed E-state index contributed by atoms with van der Waals surface area (Å²) < 4.78 is 0. The number of rotatable bonds is 8. The van der Waals surface area contributed by atoms with Gasteiger partial charge in [-0.05, 0) is 121 Å². The molecule has 1 heteroatoms. The third-order valence-corrected chi connectivity index (χ3v) is 14.0. The summed E-state index contributed by atoms with van der Waals surface area (Å²) >= 11 is 0. The van der Waals surface area contributed by atoms with Crippen molar-refractivity contribution in [2.75, 3.05) is 4.90 Å². The molecule has 2 aliphatic rings. The van der Waals surface area contributed by atoms with Crippen molar-refractivity contribution in [2.45, 2.75) is 17.8 Å². The molecule has 10 aromatic rings. The molecule has 64 heavy (non-hydrogen) atoms. The lowest BCUT2D eigenvalue weighted by Gasteiger charge is -2.34. The second-order valence-electron chi connectivity index (χ2n) is 17.3. The summed E-state index contributed by atoms with van der Waals surface area (Å²) in [5.74, 6) is 0. The smallest absolute Gasteiger partial charge is 0.0713 e. The molecule has 1 unspecified atom stereocenters. The van der Waals surface area contributed by atoms with Crippen molar-refractivity contribution >= 4 is 17.1 Å². The van der Waals surface area contributed by atoms with E-state index < -0.39 is 5.41 Å². The predicted octanol–water partition coefficient (Wildman–Crippen LogP) is 16.2. The van der Waals surface area contributed by atoms with Gasteiger partial charge < -0.3 is 4.90 Å². The molecule has 12 rings (SSSR count). The van der Waals surface area contributed by atoms with Crippen LogP contribution in [0, 0.1) is 0 Å². The van der Waals surface area contributed by atoms with E-state index in [0.29, 0.717) is 0 Å². The maximum Gasteiger partial charge on any atom is 0.0713 e. The number of anilines is 3. The maximum absolute atomic E-state index is 2.54. The van der Waals surface area contributed by atoms with Crippen molar-refractivity contribution in [1.29, 1.82) is 0 Å². The van der Waals surface area contributed by atoms with Crippen molar-refractivity contribution in [1.82, 2.24) is 0 Å². The average molecular weight is 816 g/mol. The average Bonchev–Trinajstić information content (AvgIpc) is 3.83. The lowest BCUT2D eigenvalue weighted by atomic mass is 9.68. The topological polar surface area (TPSA) is 3.24 Å². The van der Waals surface area contributed by atoms with Gasteiger partial charge in [0.05, 0.1) is 11.1 Å². The van der Waals surface area contributed by atoms with Gasteiger partial charge in [-0.25, -0.2) is 0 Å². The first kappa shape index (κ1) is 37.7. The molecule has 0 N–H and O–H groups in total. The summed E-state index contributed by atoms with van der Waals surface area (Å²) in [5.41, 5.74) is 21.3. The molecule has 0 spiro atoms. The number of nitrogens with zero attached hydrogens (tertiary/aromatic N) is 1. The van der Waals surface area contributed by atoms with Gasteiger partial charge in [0.25, 0.3) is 0 Å². The molecule has 0 saturated carbocycles. The highest BCUT2D eigenvalue weighted by Crippen LogP contribution is 2.60. The fourth-order valence-corrected chi connectivity index (χ4v) is 11.1. The number of hydrogen-bond acceptors (Lipinski definition) is 1. The predicted molar refractivity (Wildman–Crippen MR) is 267 cm³/mol.